The third kappa shape index (κ3) is 10.8. The number of carbonyl (C=O) groups is 6. The molecular formula is C22H30N4O10. The van der Waals surface area contributed by atoms with E-state index in [1.54, 1.807) is 12.1 Å². The van der Waals surface area contributed by atoms with Gasteiger partial charge in [-0.2, -0.15) is 0 Å². The van der Waals surface area contributed by atoms with Crippen LogP contribution in [0.5, 0.6) is 5.75 Å². The Hall–Kier alpha value is -4.20. The minimum Gasteiger partial charge on any atom is -0.508 e. The van der Waals surface area contributed by atoms with Gasteiger partial charge in [0.25, 0.3) is 0 Å². The topological polar surface area (TPSA) is 245 Å². The van der Waals surface area contributed by atoms with Gasteiger partial charge in [-0.3, -0.25) is 28.8 Å². The maximum absolute atomic E-state index is 12.9. The van der Waals surface area contributed by atoms with E-state index in [4.69, 9.17) is 21.1 Å². The number of amides is 3. The van der Waals surface area contributed by atoms with E-state index in [1.165, 1.54) is 19.1 Å². The maximum Gasteiger partial charge on any atom is 0.325 e. The third-order valence-corrected chi connectivity index (χ3v) is 5.02. The number of phenolic OH excluding ortho intramolecular Hbond substituents is 1. The minimum absolute atomic E-state index is 0.0152. The summed E-state index contributed by atoms with van der Waals surface area (Å²) >= 11 is 0. The molecule has 0 radical (unpaired) electrons. The van der Waals surface area contributed by atoms with Crippen molar-refractivity contribution in [2.75, 3.05) is 0 Å². The third-order valence-electron chi connectivity index (χ3n) is 5.02. The predicted molar refractivity (Wildman–Crippen MR) is 123 cm³/mol. The summed E-state index contributed by atoms with van der Waals surface area (Å²) in [4.78, 5) is 70.9. The van der Waals surface area contributed by atoms with Crippen LogP contribution in [0.2, 0.25) is 0 Å². The van der Waals surface area contributed by atoms with Crippen LogP contribution in [-0.4, -0.2) is 80.2 Å². The standard InChI is InChI=1S/C22H30N4O10/c1-11(22(35)36)24-20(33)15(6-8-17(28)29)26-21(34)16(7-9-18(30)31)25-19(32)14(23)10-12-2-4-13(27)5-3-12/h2-5,11,14-16,27H,6-10,23H2,1H3,(H,24,33)(H,25,32)(H,26,34)(H,28,29)(H,30,31)(H,35,36)/t11-,14-,15-,16-/m0/s1. The summed E-state index contributed by atoms with van der Waals surface area (Å²) in [6.07, 6.45) is -1.77. The van der Waals surface area contributed by atoms with Gasteiger partial charge in [-0.25, -0.2) is 0 Å². The van der Waals surface area contributed by atoms with Gasteiger partial charge in [-0.15, -0.1) is 0 Å². The van der Waals surface area contributed by atoms with Crippen molar-refractivity contribution >= 4 is 35.6 Å². The van der Waals surface area contributed by atoms with Crippen LogP contribution in [0.25, 0.3) is 0 Å². The molecule has 1 aromatic carbocycles. The van der Waals surface area contributed by atoms with E-state index in [1.807, 2.05) is 0 Å². The Kier molecular flexibility index (Phi) is 11.8. The molecule has 198 valence electrons. The molecule has 0 fully saturated rings. The van der Waals surface area contributed by atoms with Gasteiger partial charge in [0.2, 0.25) is 17.7 Å². The first-order chi connectivity index (χ1) is 16.8. The van der Waals surface area contributed by atoms with E-state index in [-0.39, 0.29) is 25.0 Å². The zero-order chi connectivity index (χ0) is 27.4. The molecule has 1 aromatic rings. The number of nitrogens with two attached hydrogens (primary N) is 1. The zero-order valence-corrected chi connectivity index (χ0v) is 19.5. The Morgan fingerprint density at radius 1 is 0.778 bits per heavy atom. The molecular weight excluding hydrogens is 480 g/mol. The monoisotopic (exact) mass is 510 g/mol. The van der Waals surface area contributed by atoms with Crippen molar-refractivity contribution < 1.29 is 49.2 Å². The summed E-state index contributed by atoms with van der Waals surface area (Å²) in [5.74, 6) is -6.61. The Morgan fingerprint density at radius 3 is 1.67 bits per heavy atom. The number of carboxylic acids is 3. The normalized spacial score (nSPS) is 13.9. The molecule has 0 unspecified atom stereocenters. The van der Waals surface area contributed by atoms with Gasteiger partial charge in [0, 0.05) is 12.8 Å². The van der Waals surface area contributed by atoms with Crippen LogP contribution >= 0.6 is 0 Å². The number of aromatic hydroxyl groups is 1. The van der Waals surface area contributed by atoms with E-state index < -0.39 is 72.6 Å². The lowest BCUT2D eigenvalue weighted by molar-refractivity contribution is -0.142. The van der Waals surface area contributed by atoms with Crippen molar-refractivity contribution in [1.29, 1.82) is 0 Å². The summed E-state index contributed by atoms with van der Waals surface area (Å²) in [6.45, 7) is 1.17. The highest BCUT2D eigenvalue weighted by molar-refractivity contribution is 5.94. The summed E-state index contributed by atoms with van der Waals surface area (Å²) in [5.41, 5.74) is 6.51. The fourth-order valence-electron chi connectivity index (χ4n) is 2.98. The van der Waals surface area contributed by atoms with Crippen LogP contribution in [0.4, 0.5) is 0 Å². The second-order valence-electron chi connectivity index (χ2n) is 8.03. The minimum atomic E-state index is -1.47. The fraction of sp³-hybridized carbons (Fsp3) is 0.455. The molecule has 0 bridgehead atoms. The van der Waals surface area contributed by atoms with Crippen LogP contribution in [-0.2, 0) is 35.2 Å². The number of nitrogens with one attached hydrogen (secondary N) is 3. The summed E-state index contributed by atoms with van der Waals surface area (Å²) in [6, 6.07) is 0.510. The van der Waals surface area contributed by atoms with E-state index in [0.717, 1.165) is 0 Å². The molecule has 3 amide bonds. The Labute approximate surface area is 205 Å². The Bertz CT molecular complexity index is 966. The molecule has 4 atom stereocenters. The van der Waals surface area contributed by atoms with Crippen LogP contribution in [0.3, 0.4) is 0 Å². The van der Waals surface area contributed by atoms with Crippen LogP contribution in [0, 0.1) is 0 Å². The number of benzene rings is 1. The molecule has 0 heterocycles. The highest BCUT2D eigenvalue weighted by Crippen LogP contribution is 2.11. The number of carbonyl (C=O) groups excluding carboxylic acids is 3. The first-order valence-corrected chi connectivity index (χ1v) is 10.9. The summed E-state index contributed by atoms with van der Waals surface area (Å²) < 4.78 is 0. The molecule has 0 aliphatic heterocycles. The van der Waals surface area contributed by atoms with Crippen molar-refractivity contribution in [3.05, 3.63) is 29.8 Å². The first kappa shape index (κ1) is 29.8. The molecule has 0 saturated heterocycles. The molecule has 0 aromatic heterocycles. The summed E-state index contributed by atoms with van der Waals surface area (Å²) in [5, 5.41) is 43.0. The average molecular weight is 511 g/mol. The van der Waals surface area contributed by atoms with E-state index >= 15 is 0 Å². The van der Waals surface area contributed by atoms with Crippen molar-refractivity contribution in [3.63, 3.8) is 0 Å². The number of carboxylic acid groups (broad SMARTS) is 3. The van der Waals surface area contributed by atoms with E-state index in [0.29, 0.717) is 5.56 Å². The van der Waals surface area contributed by atoms with Gasteiger partial charge < -0.3 is 42.1 Å². The van der Waals surface area contributed by atoms with Gasteiger partial charge in [0.1, 0.15) is 23.9 Å². The lowest BCUT2D eigenvalue weighted by Gasteiger charge is -2.24. The Morgan fingerprint density at radius 2 is 1.22 bits per heavy atom. The molecule has 14 nitrogen and oxygen atoms in total. The average Bonchev–Trinajstić information content (AvgIpc) is 2.79. The first-order valence-electron chi connectivity index (χ1n) is 10.9. The number of aliphatic carboxylic acids is 3. The van der Waals surface area contributed by atoms with Gasteiger partial charge >= 0.3 is 17.9 Å². The number of hydrogen-bond acceptors (Lipinski definition) is 8. The Balaban J connectivity index is 2.97. The zero-order valence-electron chi connectivity index (χ0n) is 19.5. The van der Waals surface area contributed by atoms with Gasteiger partial charge in [-0.1, -0.05) is 12.1 Å². The highest BCUT2D eigenvalue weighted by Gasteiger charge is 2.30. The quantitative estimate of drug-likeness (QED) is 0.136. The molecule has 0 aliphatic carbocycles. The number of hydrogen-bond donors (Lipinski definition) is 8. The molecule has 36 heavy (non-hydrogen) atoms. The largest absolute Gasteiger partial charge is 0.508 e. The molecule has 0 spiro atoms. The van der Waals surface area contributed by atoms with Gasteiger partial charge in [0.05, 0.1) is 6.04 Å². The molecule has 0 saturated carbocycles. The van der Waals surface area contributed by atoms with Crippen LogP contribution in [0.1, 0.15) is 38.2 Å². The van der Waals surface area contributed by atoms with Crippen molar-refractivity contribution in [3.8, 4) is 5.75 Å². The smallest absolute Gasteiger partial charge is 0.325 e. The maximum atomic E-state index is 12.9. The highest BCUT2D eigenvalue weighted by atomic mass is 16.4. The fourth-order valence-corrected chi connectivity index (χ4v) is 2.98. The number of rotatable bonds is 15. The summed E-state index contributed by atoms with van der Waals surface area (Å²) in [7, 11) is 0. The van der Waals surface area contributed by atoms with Crippen molar-refractivity contribution in [1.82, 2.24) is 16.0 Å². The van der Waals surface area contributed by atoms with Crippen LogP contribution in [0.15, 0.2) is 24.3 Å². The predicted octanol–water partition coefficient (Wildman–Crippen LogP) is -1.45. The van der Waals surface area contributed by atoms with Crippen LogP contribution < -0.4 is 21.7 Å². The van der Waals surface area contributed by atoms with Gasteiger partial charge in [-0.05, 0) is 43.9 Å². The molecule has 1 rings (SSSR count). The van der Waals surface area contributed by atoms with E-state index in [9.17, 15) is 33.9 Å². The van der Waals surface area contributed by atoms with Crippen molar-refractivity contribution in [2.45, 2.75) is 63.2 Å². The molecule has 9 N–H and O–H groups in total. The van der Waals surface area contributed by atoms with Crippen molar-refractivity contribution in [2.24, 2.45) is 5.73 Å². The van der Waals surface area contributed by atoms with Gasteiger partial charge in [0.15, 0.2) is 0 Å². The number of phenols is 1. The SMILES string of the molecule is C[C@H](NC(=O)[C@H](CCC(=O)O)NC(=O)[C@H](CCC(=O)O)NC(=O)[C@@H](N)Cc1ccc(O)cc1)C(=O)O. The lowest BCUT2D eigenvalue weighted by Crippen LogP contribution is -2.57. The lowest BCUT2D eigenvalue weighted by atomic mass is 10.0. The van der Waals surface area contributed by atoms with E-state index in [2.05, 4.69) is 16.0 Å². The second kappa shape index (κ2) is 14.3. The molecule has 0 aliphatic rings. The second-order valence-corrected chi connectivity index (χ2v) is 8.03. The molecule has 14 heteroatoms.